The Morgan fingerprint density at radius 3 is 2.53 bits per heavy atom. The summed E-state index contributed by atoms with van der Waals surface area (Å²) in [6, 6.07) is 6.77. The van der Waals surface area contributed by atoms with Crippen LogP contribution in [0.15, 0.2) is 18.2 Å². The van der Waals surface area contributed by atoms with Gasteiger partial charge in [-0.15, -0.1) is 0 Å². The molecule has 0 aliphatic heterocycles. The monoisotopic (exact) mass is 232 g/mol. The molecule has 1 rings (SSSR count). The summed E-state index contributed by atoms with van der Waals surface area (Å²) in [5.74, 6) is 0.893. The highest BCUT2D eigenvalue weighted by atomic mass is 16.1. The minimum absolute atomic E-state index is 0.303. The fourth-order valence-electron chi connectivity index (χ4n) is 2.01. The van der Waals surface area contributed by atoms with Gasteiger partial charge in [-0.2, -0.15) is 0 Å². The topological polar surface area (TPSA) is 17.1 Å². The van der Waals surface area contributed by atoms with Crippen molar-refractivity contribution in [2.24, 2.45) is 0 Å². The molecule has 1 nitrogen and oxygen atoms in total. The number of benzene rings is 1. The summed E-state index contributed by atoms with van der Waals surface area (Å²) in [7, 11) is 0. The molecule has 0 spiro atoms. The lowest BCUT2D eigenvalue weighted by atomic mass is 9.95. The van der Waals surface area contributed by atoms with Crippen LogP contribution in [-0.4, -0.2) is 5.78 Å². The van der Waals surface area contributed by atoms with Gasteiger partial charge in [0.15, 0.2) is 0 Å². The van der Waals surface area contributed by atoms with Crippen molar-refractivity contribution < 1.29 is 4.79 Å². The third-order valence-electron chi connectivity index (χ3n) is 3.26. The molecule has 0 unspecified atom stereocenters. The number of ketones is 1. The van der Waals surface area contributed by atoms with E-state index in [2.05, 4.69) is 39.0 Å². The van der Waals surface area contributed by atoms with Crippen LogP contribution >= 0.6 is 0 Å². The van der Waals surface area contributed by atoms with Crippen molar-refractivity contribution in [3.05, 3.63) is 34.9 Å². The van der Waals surface area contributed by atoms with Crippen LogP contribution in [0.4, 0.5) is 0 Å². The first kappa shape index (κ1) is 14.0. The van der Waals surface area contributed by atoms with E-state index in [1.54, 1.807) is 6.92 Å². The smallest absolute Gasteiger partial charge is 0.129 e. The quantitative estimate of drug-likeness (QED) is 0.663. The lowest BCUT2D eigenvalue weighted by molar-refractivity contribution is -0.117. The number of carbonyl (C=O) groups excluding carboxylic acids is 1. The molecule has 0 fully saturated rings. The van der Waals surface area contributed by atoms with Gasteiger partial charge in [-0.1, -0.05) is 32.0 Å². The molecule has 1 heteroatoms. The number of rotatable bonds is 6. The van der Waals surface area contributed by atoms with Gasteiger partial charge in [0, 0.05) is 6.42 Å². The van der Waals surface area contributed by atoms with Crippen LogP contribution in [0.3, 0.4) is 0 Å². The van der Waals surface area contributed by atoms with Gasteiger partial charge >= 0.3 is 0 Å². The van der Waals surface area contributed by atoms with Crippen molar-refractivity contribution in [2.75, 3.05) is 0 Å². The first-order valence-electron chi connectivity index (χ1n) is 6.59. The maximum absolute atomic E-state index is 10.9. The zero-order valence-electron chi connectivity index (χ0n) is 11.5. The maximum atomic E-state index is 10.9. The molecule has 1 aromatic carbocycles. The van der Waals surface area contributed by atoms with E-state index >= 15 is 0 Å². The van der Waals surface area contributed by atoms with E-state index in [1.807, 2.05) is 0 Å². The van der Waals surface area contributed by atoms with Crippen LogP contribution in [0, 0.1) is 6.92 Å². The van der Waals surface area contributed by atoms with Crippen molar-refractivity contribution >= 4 is 5.78 Å². The van der Waals surface area contributed by atoms with Crippen molar-refractivity contribution in [1.29, 1.82) is 0 Å². The molecular formula is C16H24O. The molecule has 0 aromatic heterocycles. The molecule has 0 saturated carbocycles. The Hall–Kier alpha value is -1.11. The van der Waals surface area contributed by atoms with E-state index in [0.717, 1.165) is 25.7 Å². The summed E-state index contributed by atoms with van der Waals surface area (Å²) >= 11 is 0. The molecule has 0 amide bonds. The van der Waals surface area contributed by atoms with Gasteiger partial charge in [0.05, 0.1) is 0 Å². The standard InChI is InChI=1S/C16H24O/c1-12(2)15-10-9-13(3)16(11-15)8-6-5-7-14(4)17/h9-12H,5-8H2,1-4H3. The Morgan fingerprint density at radius 1 is 1.24 bits per heavy atom. The fourth-order valence-corrected chi connectivity index (χ4v) is 2.01. The van der Waals surface area contributed by atoms with Gasteiger partial charge in [0.2, 0.25) is 0 Å². The summed E-state index contributed by atoms with van der Waals surface area (Å²) in [6.45, 7) is 8.30. The van der Waals surface area contributed by atoms with Crippen molar-refractivity contribution in [2.45, 2.75) is 59.3 Å². The van der Waals surface area contributed by atoms with Gasteiger partial charge in [-0.25, -0.2) is 0 Å². The lowest BCUT2D eigenvalue weighted by Gasteiger charge is -2.11. The molecule has 17 heavy (non-hydrogen) atoms. The molecule has 0 N–H and O–H groups in total. The second-order valence-electron chi connectivity index (χ2n) is 5.25. The van der Waals surface area contributed by atoms with Crippen LogP contribution in [0.25, 0.3) is 0 Å². The summed E-state index contributed by atoms with van der Waals surface area (Å²) < 4.78 is 0. The summed E-state index contributed by atoms with van der Waals surface area (Å²) in [5.41, 5.74) is 4.23. The van der Waals surface area contributed by atoms with Crippen LogP contribution < -0.4 is 0 Å². The van der Waals surface area contributed by atoms with Crippen LogP contribution in [0.1, 0.15) is 62.6 Å². The van der Waals surface area contributed by atoms with E-state index < -0.39 is 0 Å². The normalized spacial score (nSPS) is 10.9. The molecular weight excluding hydrogens is 208 g/mol. The second kappa shape index (κ2) is 6.58. The molecule has 0 radical (unpaired) electrons. The molecule has 94 valence electrons. The van der Waals surface area contributed by atoms with Crippen molar-refractivity contribution in [3.8, 4) is 0 Å². The van der Waals surface area contributed by atoms with Gasteiger partial charge in [0.25, 0.3) is 0 Å². The highest BCUT2D eigenvalue weighted by Crippen LogP contribution is 2.20. The van der Waals surface area contributed by atoms with E-state index in [-0.39, 0.29) is 0 Å². The van der Waals surface area contributed by atoms with Gasteiger partial charge in [-0.05, 0) is 55.7 Å². The van der Waals surface area contributed by atoms with Gasteiger partial charge in [-0.3, -0.25) is 0 Å². The Balaban J connectivity index is 2.57. The first-order valence-corrected chi connectivity index (χ1v) is 6.59. The average molecular weight is 232 g/mol. The number of hydrogen-bond acceptors (Lipinski definition) is 1. The highest BCUT2D eigenvalue weighted by Gasteiger charge is 2.04. The predicted molar refractivity (Wildman–Crippen MR) is 73.5 cm³/mol. The Bertz CT molecular complexity index is 377. The first-order chi connectivity index (χ1) is 8.00. The fraction of sp³-hybridized carbons (Fsp3) is 0.562. The van der Waals surface area contributed by atoms with Gasteiger partial charge in [0.1, 0.15) is 5.78 Å². The lowest BCUT2D eigenvalue weighted by Crippen LogP contribution is -1.96. The molecule has 0 saturated heterocycles. The molecule has 0 atom stereocenters. The largest absolute Gasteiger partial charge is 0.300 e. The SMILES string of the molecule is CC(=O)CCCCc1cc(C(C)C)ccc1C. The van der Waals surface area contributed by atoms with Crippen molar-refractivity contribution in [3.63, 3.8) is 0 Å². The van der Waals surface area contributed by atoms with E-state index in [1.165, 1.54) is 16.7 Å². The summed E-state index contributed by atoms with van der Waals surface area (Å²) in [6.07, 6.45) is 3.95. The third kappa shape index (κ3) is 4.72. The zero-order valence-corrected chi connectivity index (χ0v) is 11.5. The van der Waals surface area contributed by atoms with Gasteiger partial charge < -0.3 is 4.79 Å². The second-order valence-corrected chi connectivity index (χ2v) is 5.25. The number of carbonyl (C=O) groups is 1. The predicted octanol–water partition coefficient (Wildman–Crippen LogP) is 4.42. The zero-order chi connectivity index (χ0) is 12.8. The van der Waals surface area contributed by atoms with Crippen molar-refractivity contribution in [1.82, 2.24) is 0 Å². The highest BCUT2D eigenvalue weighted by molar-refractivity contribution is 5.75. The van der Waals surface area contributed by atoms with E-state index in [9.17, 15) is 4.79 Å². The van der Waals surface area contributed by atoms with Crippen LogP contribution in [0.5, 0.6) is 0 Å². The molecule has 0 aliphatic carbocycles. The Labute approximate surface area is 105 Å². The number of aryl methyl sites for hydroxylation is 2. The molecule has 1 aromatic rings. The number of unbranched alkanes of at least 4 members (excludes halogenated alkanes) is 1. The average Bonchev–Trinajstić information content (AvgIpc) is 2.25. The summed E-state index contributed by atoms with van der Waals surface area (Å²) in [5, 5.41) is 0. The third-order valence-corrected chi connectivity index (χ3v) is 3.26. The molecule has 0 aliphatic rings. The minimum atomic E-state index is 0.303. The summed E-state index contributed by atoms with van der Waals surface area (Å²) in [4.78, 5) is 10.9. The van der Waals surface area contributed by atoms with Crippen LogP contribution in [-0.2, 0) is 11.2 Å². The Kier molecular flexibility index (Phi) is 5.40. The minimum Gasteiger partial charge on any atom is -0.300 e. The molecule has 0 bridgehead atoms. The maximum Gasteiger partial charge on any atom is 0.129 e. The Morgan fingerprint density at radius 2 is 1.94 bits per heavy atom. The van der Waals surface area contributed by atoms with Crippen LogP contribution in [0.2, 0.25) is 0 Å². The molecule has 0 heterocycles. The number of Topliss-reactive ketones (excluding diaryl/α,β-unsaturated/α-hetero) is 1. The van der Waals surface area contributed by atoms with E-state index in [4.69, 9.17) is 0 Å². The number of hydrogen-bond donors (Lipinski definition) is 0. The van der Waals surface area contributed by atoms with E-state index in [0.29, 0.717) is 11.7 Å².